The molecule has 1 N–H and O–H groups in total. The lowest BCUT2D eigenvalue weighted by molar-refractivity contribution is -0.136. The molecule has 0 radical (unpaired) electrons. The molecule has 0 spiro atoms. The second kappa shape index (κ2) is 10.0. The number of carbonyl (C=O) groups is 2. The molecular weight excluding hydrogens is 320 g/mol. The van der Waals surface area contributed by atoms with Gasteiger partial charge in [0.1, 0.15) is 12.4 Å². The third-order valence-corrected chi connectivity index (χ3v) is 4.32. The zero-order valence-corrected chi connectivity index (χ0v) is 15.1. The van der Waals surface area contributed by atoms with Gasteiger partial charge in [-0.05, 0) is 38.3 Å². The molecule has 0 aromatic heterocycles. The van der Waals surface area contributed by atoms with E-state index in [0.717, 1.165) is 18.6 Å². The van der Waals surface area contributed by atoms with E-state index in [2.05, 4.69) is 5.32 Å². The van der Waals surface area contributed by atoms with E-state index < -0.39 is 0 Å². The number of likely N-dealkylation sites (tertiary alicyclic amines) is 1. The highest BCUT2D eigenvalue weighted by molar-refractivity contribution is 5.78. The number of nitrogens with one attached hydrogen (secondary N) is 1. The van der Waals surface area contributed by atoms with E-state index in [9.17, 15) is 9.59 Å². The van der Waals surface area contributed by atoms with Crippen LogP contribution in [-0.2, 0) is 14.3 Å². The van der Waals surface area contributed by atoms with Gasteiger partial charge in [-0.15, -0.1) is 0 Å². The maximum Gasteiger partial charge on any atom is 0.248 e. The van der Waals surface area contributed by atoms with E-state index in [1.807, 2.05) is 31.2 Å². The molecule has 1 fully saturated rings. The van der Waals surface area contributed by atoms with Crippen LogP contribution in [0.1, 0.15) is 31.2 Å². The van der Waals surface area contributed by atoms with Crippen LogP contribution in [0, 0.1) is 6.92 Å². The summed E-state index contributed by atoms with van der Waals surface area (Å²) in [4.78, 5) is 25.5. The summed E-state index contributed by atoms with van der Waals surface area (Å²) >= 11 is 0. The number of carbonyl (C=O) groups excluding carboxylic acids is 2. The van der Waals surface area contributed by atoms with Crippen molar-refractivity contribution < 1.29 is 19.1 Å². The summed E-state index contributed by atoms with van der Waals surface area (Å²) in [6.45, 7) is 4.03. The summed E-state index contributed by atoms with van der Waals surface area (Å²) in [5.74, 6) is 0.897. The third kappa shape index (κ3) is 6.74. The molecule has 0 atom stereocenters. The molecule has 0 aliphatic carbocycles. The SMILES string of the molecule is COCC(=O)N1CCC(NC(=O)CCCOc2ccc(C)cc2)CC1. The van der Waals surface area contributed by atoms with Gasteiger partial charge in [-0.1, -0.05) is 17.7 Å². The second-order valence-electron chi connectivity index (χ2n) is 6.42. The molecule has 1 heterocycles. The van der Waals surface area contributed by atoms with Crippen molar-refractivity contribution >= 4 is 11.8 Å². The van der Waals surface area contributed by atoms with Crippen LogP contribution in [0.15, 0.2) is 24.3 Å². The normalized spacial score (nSPS) is 15.0. The van der Waals surface area contributed by atoms with Crippen molar-refractivity contribution in [2.45, 2.75) is 38.6 Å². The molecule has 6 heteroatoms. The average Bonchev–Trinajstić information content (AvgIpc) is 2.61. The summed E-state index contributed by atoms with van der Waals surface area (Å²) in [6, 6.07) is 8.04. The van der Waals surface area contributed by atoms with Crippen LogP contribution in [0.4, 0.5) is 0 Å². The largest absolute Gasteiger partial charge is 0.494 e. The summed E-state index contributed by atoms with van der Waals surface area (Å²) in [7, 11) is 1.52. The van der Waals surface area contributed by atoms with Crippen molar-refractivity contribution in [2.24, 2.45) is 0 Å². The molecule has 1 aliphatic heterocycles. The maximum absolute atomic E-state index is 12.0. The first-order chi connectivity index (χ1) is 12.1. The van der Waals surface area contributed by atoms with E-state index in [1.54, 1.807) is 4.90 Å². The van der Waals surface area contributed by atoms with E-state index in [-0.39, 0.29) is 24.5 Å². The molecule has 1 aromatic carbocycles. The van der Waals surface area contributed by atoms with Gasteiger partial charge < -0.3 is 19.7 Å². The van der Waals surface area contributed by atoms with Crippen molar-refractivity contribution in [3.8, 4) is 5.75 Å². The quantitative estimate of drug-likeness (QED) is 0.729. The zero-order chi connectivity index (χ0) is 18.1. The van der Waals surface area contributed by atoms with Gasteiger partial charge in [-0.25, -0.2) is 0 Å². The minimum Gasteiger partial charge on any atom is -0.494 e. The van der Waals surface area contributed by atoms with Crippen molar-refractivity contribution in [3.05, 3.63) is 29.8 Å². The first-order valence-electron chi connectivity index (χ1n) is 8.84. The smallest absolute Gasteiger partial charge is 0.248 e. The monoisotopic (exact) mass is 348 g/mol. The van der Waals surface area contributed by atoms with Crippen molar-refractivity contribution in [3.63, 3.8) is 0 Å². The molecule has 1 aliphatic rings. The summed E-state index contributed by atoms with van der Waals surface area (Å²) in [5.41, 5.74) is 1.20. The molecule has 1 saturated heterocycles. The Bertz CT molecular complexity index is 551. The number of benzene rings is 1. The van der Waals surface area contributed by atoms with Crippen molar-refractivity contribution in [1.82, 2.24) is 10.2 Å². The molecule has 6 nitrogen and oxygen atoms in total. The number of piperidine rings is 1. The highest BCUT2D eigenvalue weighted by atomic mass is 16.5. The van der Waals surface area contributed by atoms with Gasteiger partial charge >= 0.3 is 0 Å². The van der Waals surface area contributed by atoms with Gasteiger partial charge in [-0.2, -0.15) is 0 Å². The molecule has 138 valence electrons. The number of nitrogens with zero attached hydrogens (tertiary/aromatic N) is 1. The standard InChI is InChI=1S/C19H28N2O4/c1-15-5-7-17(8-6-15)25-13-3-4-18(22)20-16-9-11-21(12-10-16)19(23)14-24-2/h5-8,16H,3-4,9-14H2,1-2H3,(H,20,22). The summed E-state index contributed by atoms with van der Waals surface area (Å²) in [6.07, 6.45) is 2.72. The first-order valence-corrected chi connectivity index (χ1v) is 8.84. The number of hydrogen-bond acceptors (Lipinski definition) is 4. The lowest BCUT2D eigenvalue weighted by Gasteiger charge is -2.32. The average molecular weight is 348 g/mol. The predicted octanol–water partition coefficient (Wildman–Crippen LogP) is 1.91. The molecule has 2 amide bonds. The van der Waals surface area contributed by atoms with Crippen LogP contribution in [0.2, 0.25) is 0 Å². The van der Waals surface area contributed by atoms with Crippen molar-refractivity contribution in [1.29, 1.82) is 0 Å². The van der Waals surface area contributed by atoms with Gasteiger partial charge in [0.2, 0.25) is 11.8 Å². The fourth-order valence-corrected chi connectivity index (χ4v) is 2.85. The molecule has 2 rings (SSSR count). The summed E-state index contributed by atoms with van der Waals surface area (Å²) in [5, 5.41) is 3.05. The number of rotatable bonds is 8. The van der Waals surface area contributed by atoms with Crippen LogP contribution in [0.3, 0.4) is 0 Å². The van der Waals surface area contributed by atoms with Gasteiger partial charge in [0.15, 0.2) is 0 Å². The highest BCUT2D eigenvalue weighted by Crippen LogP contribution is 2.13. The van der Waals surface area contributed by atoms with E-state index in [4.69, 9.17) is 9.47 Å². The lowest BCUT2D eigenvalue weighted by atomic mass is 10.0. The van der Waals surface area contributed by atoms with Crippen LogP contribution >= 0.6 is 0 Å². The fourth-order valence-electron chi connectivity index (χ4n) is 2.85. The first kappa shape index (κ1) is 19.2. The van der Waals surface area contributed by atoms with Crippen molar-refractivity contribution in [2.75, 3.05) is 33.4 Å². The third-order valence-electron chi connectivity index (χ3n) is 4.32. The van der Waals surface area contributed by atoms with E-state index >= 15 is 0 Å². The van der Waals surface area contributed by atoms with Gasteiger partial charge in [0, 0.05) is 32.7 Å². The van der Waals surface area contributed by atoms with E-state index in [1.165, 1.54) is 12.7 Å². The number of ether oxygens (including phenoxy) is 2. The lowest BCUT2D eigenvalue weighted by Crippen LogP contribution is -2.47. The number of methoxy groups -OCH3 is 1. The molecular formula is C19H28N2O4. The van der Waals surface area contributed by atoms with Crippen LogP contribution < -0.4 is 10.1 Å². The van der Waals surface area contributed by atoms with E-state index in [0.29, 0.717) is 32.5 Å². The Morgan fingerprint density at radius 3 is 2.52 bits per heavy atom. The van der Waals surface area contributed by atoms with Crippen LogP contribution in [-0.4, -0.2) is 56.2 Å². The van der Waals surface area contributed by atoms with Crippen LogP contribution in [0.5, 0.6) is 5.75 Å². The Hall–Kier alpha value is -2.08. The van der Waals surface area contributed by atoms with Gasteiger partial charge in [0.25, 0.3) is 0 Å². The molecule has 25 heavy (non-hydrogen) atoms. The Kier molecular flexibility index (Phi) is 7.73. The number of amides is 2. The Morgan fingerprint density at radius 1 is 1.20 bits per heavy atom. The predicted molar refractivity (Wildman–Crippen MR) is 95.5 cm³/mol. The topological polar surface area (TPSA) is 67.9 Å². The number of hydrogen-bond donors (Lipinski definition) is 1. The summed E-state index contributed by atoms with van der Waals surface area (Å²) < 4.78 is 10.5. The Labute approximate surface area is 149 Å². The van der Waals surface area contributed by atoms with Crippen LogP contribution in [0.25, 0.3) is 0 Å². The highest BCUT2D eigenvalue weighted by Gasteiger charge is 2.23. The molecule has 1 aromatic rings. The Morgan fingerprint density at radius 2 is 1.88 bits per heavy atom. The minimum absolute atomic E-state index is 0.0144. The van der Waals surface area contributed by atoms with Gasteiger partial charge in [0.05, 0.1) is 6.61 Å². The van der Waals surface area contributed by atoms with Gasteiger partial charge in [-0.3, -0.25) is 9.59 Å². The zero-order valence-electron chi connectivity index (χ0n) is 15.1. The molecule has 0 unspecified atom stereocenters. The second-order valence-corrected chi connectivity index (χ2v) is 6.42. The maximum atomic E-state index is 12.0. The molecule has 0 saturated carbocycles. The Balaban J connectivity index is 1.58. The fraction of sp³-hybridized carbons (Fsp3) is 0.579. The molecule has 0 bridgehead atoms. The number of aryl methyl sites for hydroxylation is 1. The minimum atomic E-state index is 0.0144.